The molecule has 0 aliphatic heterocycles. The minimum atomic E-state index is -4.76. The normalized spacial score (nSPS) is 12.2. The molecule has 1 aromatic carbocycles. The van der Waals surface area contributed by atoms with E-state index in [9.17, 15) is 22.0 Å². The number of nitrogens with zero attached hydrogens (tertiary/aromatic N) is 1. The number of hydrogen-bond donors (Lipinski definition) is 1. The highest BCUT2D eigenvalue weighted by molar-refractivity contribution is 9.10. The van der Waals surface area contributed by atoms with E-state index in [1.54, 1.807) is 0 Å². The van der Waals surface area contributed by atoms with Gasteiger partial charge in [0.1, 0.15) is 17.0 Å². The summed E-state index contributed by atoms with van der Waals surface area (Å²) in [7, 11) is 0. The molecule has 2 aromatic rings. The van der Waals surface area contributed by atoms with Gasteiger partial charge in [-0.05, 0) is 22.9 Å². The van der Waals surface area contributed by atoms with E-state index < -0.39 is 29.0 Å². The molecular weight excluding hydrogens is 335 g/mol. The van der Waals surface area contributed by atoms with Crippen molar-refractivity contribution in [2.24, 2.45) is 0 Å². The molecule has 2 rings (SSSR count). The van der Waals surface area contributed by atoms with E-state index in [1.165, 1.54) is 0 Å². The van der Waals surface area contributed by atoms with Crippen molar-refractivity contribution in [2.45, 2.75) is 13.1 Å². The monoisotopic (exact) mass is 340 g/mol. The smallest absolute Gasteiger partial charge is 0.398 e. The van der Waals surface area contributed by atoms with Gasteiger partial charge in [-0.15, -0.1) is 0 Å². The Hall–Kier alpha value is -1.44. The van der Waals surface area contributed by atoms with Crippen molar-refractivity contribution in [3.05, 3.63) is 33.4 Å². The van der Waals surface area contributed by atoms with Gasteiger partial charge in [0.2, 0.25) is 0 Å². The lowest BCUT2D eigenvalue weighted by atomic mass is 10.1. The molecule has 102 valence electrons. The molecule has 2 nitrogen and oxygen atoms in total. The summed E-state index contributed by atoms with van der Waals surface area (Å²) in [5, 5.41) is -0.206. The number of rotatable bonds is 0. The minimum Gasteiger partial charge on any atom is -0.398 e. The van der Waals surface area contributed by atoms with Gasteiger partial charge in [0.15, 0.2) is 5.82 Å². The van der Waals surface area contributed by atoms with Gasteiger partial charge in [0, 0.05) is 22.7 Å². The predicted molar refractivity (Wildman–Crippen MR) is 63.5 cm³/mol. The highest BCUT2D eigenvalue weighted by Gasteiger charge is 2.36. The van der Waals surface area contributed by atoms with Crippen molar-refractivity contribution >= 4 is 32.5 Å². The van der Waals surface area contributed by atoms with Gasteiger partial charge in [0.05, 0.1) is 4.47 Å². The molecule has 1 aromatic heterocycles. The summed E-state index contributed by atoms with van der Waals surface area (Å²) in [4.78, 5) is 3.23. The van der Waals surface area contributed by atoms with Crippen LogP contribution in [-0.4, -0.2) is 4.98 Å². The van der Waals surface area contributed by atoms with E-state index in [-0.39, 0.29) is 21.1 Å². The highest BCUT2D eigenvalue weighted by atomic mass is 79.9. The first-order valence-corrected chi connectivity index (χ1v) is 5.74. The maximum absolute atomic E-state index is 13.6. The van der Waals surface area contributed by atoms with Crippen LogP contribution in [0.2, 0.25) is 0 Å². The number of aromatic nitrogens is 1. The second-order valence-electron chi connectivity index (χ2n) is 3.87. The second kappa shape index (κ2) is 4.29. The quantitative estimate of drug-likeness (QED) is 0.577. The molecular formula is C11H6BrF5N2. The number of pyridine rings is 1. The van der Waals surface area contributed by atoms with Crippen molar-refractivity contribution < 1.29 is 22.0 Å². The standard InChI is InChI=1S/C11H6BrF5N2/c1-3-8(18)6-7(12)4(13)2-5(14)9(6)19-10(3)11(15,16)17/h2H,1H3,(H2,18,19). The first kappa shape index (κ1) is 14.0. The summed E-state index contributed by atoms with van der Waals surface area (Å²) in [6.07, 6.45) is -4.76. The number of fused-ring (bicyclic) bond motifs is 1. The van der Waals surface area contributed by atoms with Crippen LogP contribution in [0.4, 0.5) is 27.6 Å². The van der Waals surface area contributed by atoms with Crippen molar-refractivity contribution in [3.63, 3.8) is 0 Å². The van der Waals surface area contributed by atoms with Crippen LogP contribution in [0.25, 0.3) is 10.9 Å². The third kappa shape index (κ3) is 2.13. The van der Waals surface area contributed by atoms with E-state index in [1.807, 2.05) is 0 Å². The molecule has 0 unspecified atom stereocenters. The van der Waals surface area contributed by atoms with E-state index in [0.717, 1.165) is 6.92 Å². The van der Waals surface area contributed by atoms with Gasteiger partial charge in [-0.2, -0.15) is 13.2 Å². The Morgan fingerprint density at radius 1 is 1.21 bits per heavy atom. The van der Waals surface area contributed by atoms with Crippen LogP contribution in [-0.2, 0) is 6.18 Å². The molecule has 0 atom stereocenters. The Morgan fingerprint density at radius 2 is 1.79 bits per heavy atom. The zero-order valence-corrected chi connectivity index (χ0v) is 11.0. The molecule has 19 heavy (non-hydrogen) atoms. The number of hydrogen-bond acceptors (Lipinski definition) is 2. The highest BCUT2D eigenvalue weighted by Crippen LogP contribution is 2.39. The lowest BCUT2D eigenvalue weighted by molar-refractivity contribution is -0.141. The van der Waals surface area contributed by atoms with Crippen LogP contribution < -0.4 is 5.73 Å². The Balaban J connectivity index is 3.01. The molecule has 0 aliphatic carbocycles. The molecule has 8 heteroatoms. The Kier molecular flexibility index (Phi) is 3.16. The van der Waals surface area contributed by atoms with E-state index in [0.29, 0.717) is 6.07 Å². The predicted octanol–water partition coefficient (Wildman–Crippen LogP) is 4.18. The van der Waals surface area contributed by atoms with Crippen molar-refractivity contribution in [3.8, 4) is 0 Å². The summed E-state index contributed by atoms with van der Waals surface area (Å²) in [5.74, 6) is -2.16. The molecule has 0 spiro atoms. The summed E-state index contributed by atoms with van der Waals surface area (Å²) in [5.41, 5.74) is 2.92. The van der Waals surface area contributed by atoms with Gasteiger partial charge < -0.3 is 5.73 Å². The SMILES string of the molecule is Cc1c(C(F)(F)F)nc2c(F)cc(F)c(Br)c2c1N. The fourth-order valence-corrected chi connectivity index (χ4v) is 2.24. The van der Waals surface area contributed by atoms with Crippen molar-refractivity contribution in [1.29, 1.82) is 0 Å². The third-order valence-corrected chi connectivity index (χ3v) is 3.44. The fraction of sp³-hybridized carbons (Fsp3) is 0.182. The van der Waals surface area contributed by atoms with Gasteiger partial charge >= 0.3 is 6.18 Å². The van der Waals surface area contributed by atoms with Crippen LogP contribution in [0.5, 0.6) is 0 Å². The molecule has 0 saturated heterocycles. The van der Waals surface area contributed by atoms with Crippen molar-refractivity contribution in [2.75, 3.05) is 5.73 Å². The third-order valence-electron chi connectivity index (χ3n) is 2.67. The Bertz CT molecular complexity index is 681. The van der Waals surface area contributed by atoms with Gasteiger partial charge in [-0.3, -0.25) is 0 Å². The number of halogens is 6. The summed E-state index contributed by atoms with van der Waals surface area (Å²) < 4.78 is 64.9. The summed E-state index contributed by atoms with van der Waals surface area (Å²) in [6, 6.07) is 0.453. The number of alkyl halides is 3. The Morgan fingerprint density at radius 3 is 2.32 bits per heavy atom. The average molecular weight is 341 g/mol. The number of anilines is 1. The second-order valence-corrected chi connectivity index (χ2v) is 4.67. The molecule has 0 saturated carbocycles. The number of nitrogen functional groups attached to an aromatic ring is 1. The van der Waals surface area contributed by atoms with E-state index in [4.69, 9.17) is 5.73 Å². The van der Waals surface area contributed by atoms with Crippen LogP contribution in [0.15, 0.2) is 10.5 Å². The zero-order valence-electron chi connectivity index (χ0n) is 9.37. The van der Waals surface area contributed by atoms with Crippen LogP contribution >= 0.6 is 15.9 Å². The lowest BCUT2D eigenvalue weighted by Crippen LogP contribution is -2.13. The molecule has 0 fully saturated rings. The molecule has 0 aliphatic rings. The average Bonchev–Trinajstić information content (AvgIpc) is 2.28. The topological polar surface area (TPSA) is 38.9 Å². The minimum absolute atomic E-state index is 0.206. The van der Waals surface area contributed by atoms with Gasteiger partial charge in [-0.25, -0.2) is 13.8 Å². The maximum Gasteiger partial charge on any atom is 0.433 e. The molecule has 2 N–H and O–H groups in total. The van der Waals surface area contributed by atoms with E-state index >= 15 is 0 Å². The van der Waals surface area contributed by atoms with Crippen LogP contribution in [0.1, 0.15) is 11.3 Å². The number of benzene rings is 1. The fourth-order valence-electron chi connectivity index (χ4n) is 1.73. The molecule has 0 radical (unpaired) electrons. The van der Waals surface area contributed by atoms with E-state index in [2.05, 4.69) is 20.9 Å². The lowest BCUT2D eigenvalue weighted by Gasteiger charge is -2.15. The van der Waals surface area contributed by atoms with Crippen LogP contribution in [0, 0.1) is 18.6 Å². The van der Waals surface area contributed by atoms with Crippen LogP contribution in [0.3, 0.4) is 0 Å². The van der Waals surface area contributed by atoms with Gasteiger partial charge in [-0.1, -0.05) is 0 Å². The largest absolute Gasteiger partial charge is 0.433 e. The molecule has 1 heterocycles. The first-order valence-electron chi connectivity index (χ1n) is 4.95. The maximum atomic E-state index is 13.6. The first-order chi connectivity index (χ1) is 8.64. The Labute approximate surface area is 112 Å². The van der Waals surface area contributed by atoms with Gasteiger partial charge in [0.25, 0.3) is 0 Å². The number of nitrogens with two attached hydrogens (primary N) is 1. The van der Waals surface area contributed by atoms with Crippen molar-refractivity contribution in [1.82, 2.24) is 4.98 Å². The summed E-state index contributed by atoms with van der Waals surface area (Å²) >= 11 is 2.83. The zero-order chi connectivity index (χ0) is 14.5. The molecule has 0 bridgehead atoms. The molecule has 0 amide bonds. The summed E-state index contributed by atoms with van der Waals surface area (Å²) in [6.45, 7) is 1.10.